The highest BCUT2D eigenvalue weighted by molar-refractivity contribution is 9.10. The second-order valence-electron chi connectivity index (χ2n) is 5.84. The molecule has 1 aromatic heterocycles. The molecule has 1 saturated carbocycles. The van der Waals surface area contributed by atoms with Crippen LogP contribution < -0.4 is 0 Å². The van der Waals surface area contributed by atoms with Crippen LogP contribution in [0.4, 0.5) is 0 Å². The van der Waals surface area contributed by atoms with Crippen molar-refractivity contribution in [1.82, 2.24) is 0 Å². The Hall–Kier alpha value is -0.330. The Kier molecular flexibility index (Phi) is 4.50. The van der Waals surface area contributed by atoms with E-state index in [9.17, 15) is 5.26 Å². The summed E-state index contributed by atoms with van der Waals surface area (Å²) in [5.74, 6) is 1.58. The van der Waals surface area contributed by atoms with Crippen molar-refractivity contribution >= 4 is 27.3 Å². The van der Waals surface area contributed by atoms with Gasteiger partial charge in [0.1, 0.15) is 0 Å². The summed E-state index contributed by atoms with van der Waals surface area (Å²) in [7, 11) is 0. The molecule has 98 valence electrons. The maximum atomic E-state index is 9.60. The molecule has 0 unspecified atom stereocenters. The van der Waals surface area contributed by atoms with Crippen molar-refractivity contribution in [2.75, 3.05) is 0 Å². The number of thiophene rings is 1. The SMILES string of the molecule is CC(C)C1CCC(C#N)(Cc2sccc2Br)CC1. The van der Waals surface area contributed by atoms with Crippen LogP contribution in [-0.2, 0) is 6.42 Å². The van der Waals surface area contributed by atoms with Gasteiger partial charge in [-0.2, -0.15) is 5.26 Å². The highest BCUT2D eigenvalue weighted by Gasteiger charge is 2.37. The van der Waals surface area contributed by atoms with Crippen LogP contribution in [-0.4, -0.2) is 0 Å². The topological polar surface area (TPSA) is 23.8 Å². The summed E-state index contributed by atoms with van der Waals surface area (Å²) in [6.45, 7) is 4.61. The van der Waals surface area contributed by atoms with E-state index in [4.69, 9.17) is 0 Å². The van der Waals surface area contributed by atoms with Crippen LogP contribution in [0.15, 0.2) is 15.9 Å². The molecule has 1 fully saturated rings. The Morgan fingerprint density at radius 3 is 2.61 bits per heavy atom. The Balaban J connectivity index is 2.06. The van der Waals surface area contributed by atoms with Gasteiger partial charge >= 0.3 is 0 Å². The van der Waals surface area contributed by atoms with Gasteiger partial charge in [0.15, 0.2) is 0 Å². The maximum absolute atomic E-state index is 9.60. The molecule has 0 saturated heterocycles. The molecule has 0 spiro atoms. The minimum Gasteiger partial charge on any atom is -0.198 e. The molecule has 0 bridgehead atoms. The number of nitriles is 1. The molecule has 2 rings (SSSR count). The average molecular weight is 326 g/mol. The van der Waals surface area contributed by atoms with Gasteiger partial charge in [0, 0.05) is 15.8 Å². The van der Waals surface area contributed by atoms with Gasteiger partial charge in [-0.25, -0.2) is 0 Å². The number of hydrogen-bond donors (Lipinski definition) is 0. The van der Waals surface area contributed by atoms with Crippen LogP contribution in [0.2, 0.25) is 0 Å². The molecule has 1 nitrogen and oxygen atoms in total. The summed E-state index contributed by atoms with van der Waals surface area (Å²) in [6.07, 6.45) is 5.49. The van der Waals surface area contributed by atoms with Crippen LogP contribution in [0.3, 0.4) is 0 Å². The van der Waals surface area contributed by atoms with Crippen molar-refractivity contribution in [2.45, 2.75) is 46.0 Å². The van der Waals surface area contributed by atoms with E-state index >= 15 is 0 Å². The number of rotatable bonds is 3. The highest BCUT2D eigenvalue weighted by Crippen LogP contribution is 2.44. The fraction of sp³-hybridized carbons (Fsp3) is 0.667. The number of hydrogen-bond acceptors (Lipinski definition) is 2. The summed E-state index contributed by atoms with van der Waals surface area (Å²) >= 11 is 5.35. The molecular weight excluding hydrogens is 306 g/mol. The van der Waals surface area contributed by atoms with Crippen molar-refractivity contribution in [1.29, 1.82) is 5.26 Å². The summed E-state index contributed by atoms with van der Waals surface area (Å²) in [4.78, 5) is 1.33. The number of nitrogens with zero attached hydrogens (tertiary/aromatic N) is 1. The normalized spacial score (nSPS) is 28.3. The molecule has 0 aromatic carbocycles. The third-order valence-corrected chi connectivity index (χ3v) is 6.28. The molecular formula is C15H20BrNS. The Bertz CT molecular complexity index is 436. The van der Waals surface area contributed by atoms with Gasteiger partial charge in [-0.05, 0) is 64.9 Å². The molecule has 18 heavy (non-hydrogen) atoms. The van der Waals surface area contributed by atoms with E-state index in [1.165, 1.54) is 22.2 Å². The lowest BCUT2D eigenvalue weighted by atomic mass is 9.67. The predicted molar refractivity (Wildman–Crippen MR) is 80.6 cm³/mol. The molecule has 0 amide bonds. The van der Waals surface area contributed by atoms with Crippen LogP contribution in [0.1, 0.15) is 44.4 Å². The van der Waals surface area contributed by atoms with E-state index in [1.54, 1.807) is 11.3 Å². The first-order valence-corrected chi connectivity index (χ1v) is 8.37. The van der Waals surface area contributed by atoms with Gasteiger partial charge in [0.2, 0.25) is 0 Å². The van der Waals surface area contributed by atoms with Crippen molar-refractivity contribution in [3.63, 3.8) is 0 Å². The van der Waals surface area contributed by atoms with E-state index in [1.807, 2.05) is 0 Å². The first kappa shape index (κ1) is 14.1. The van der Waals surface area contributed by atoms with E-state index in [0.29, 0.717) is 0 Å². The van der Waals surface area contributed by atoms with E-state index in [-0.39, 0.29) is 5.41 Å². The van der Waals surface area contributed by atoms with E-state index in [2.05, 4.69) is 47.3 Å². The summed E-state index contributed by atoms with van der Waals surface area (Å²) in [5, 5.41) is 11.7. The Labute approximate surface area is 122 Å². The predicted octanol–water partition coefficient (Wildman–Crippen LogP) is 5.41. The van der Waals surface area contributed by atoms with E-state index < -0.39 is 0 Å². The molecule has 0 N–H and O–H groups in total. The first-order valence-electron chi connectivity index (χ1n) is 6.69. The lowest BCUT2D eigenvalue weighted by Crippen LogP contribution is -2.29. The summed E-state index contributed by atoms with van der Waals surface area (Å²) < 4.78 is 1.17. The molecule has 1 aliphatic rings. The zero-order chi connectivity index (χ0) is 13.2. The lowest BCUT2D eigenvalue weighted by molar-refractivity contribution is 0.175. The van der Waals surface area contributed by atoms with Gasteiger partial charge in [-0.1, -0.05) is 13.8 Å². The van der Waals surface area contributed by atoms with Crippen molar-refractivity contribution in [2.24, 2.45) is 17.3 Å². The zero-order valence-electron chi connectivity index (χ0n) is 11.1. The fourth-order valence-electron chi connectivity index (χ4n) is 2.95. The third-order valence-electron chi connectivity index (χ3n) is 4.36. The molecule has 0 radical (unpaired) electrons. The minimum absolute atomic E-state index is 0.112. The maximum Gasteiger partial charge on any atom is 0.0693 e. The van der Waals surface area contributed by atoms with Gasteiger partial charge in [0.25, 0.3) is 0 Å². The van der Waals surface area contributed by atoms with Crippen LogP contribution >= 0.6 is 27.3 Å². The Morgan fingerprint density at radius 2 is 2.17 bits per heavy atom. The summed E-state index contributed by atoms with van der Waals surface area (Å²) in [5.41, 5.74) is -0.112. The molecule has 1 heterocycles. The molecule has 0 atom stereocenters. The lowest BCUT2D eigenvalue weighted by Gasteiger charge is -2.36. The smallest absolute Gasteiger partial charge is 0.0693 e. The molecule has 1 aliphatic carbocycles. The molecule has 1 aromatic rings. The second kappa shape index (κ2) is 5.75. The van der Waals surface area contributed by atoms with Crippen LogP contribution in [0.25, 0.3) is 0 Å². The van der Waals surface area contributed by atoms with Gasteiger partial charge in [-0.3, -0.25) is 0 Å². The zero-order valence-corrected chi connectivity index (χ0v) is 13.5. The third kappa shape index (κ3) is 2.97. The van der Waals surface area contributed by atoms with Crippen molar-refractivity contribution in [3.8, 4) is 6.07 Å². The monoisotopic (exact) mass is 325 g/mol. The highest BCUT2D eigenvalue weighted by atomic mass is 79.9. The molecule has 0 aliphatic heterocycles. The fourth-order valence-corrected chi connectivity index (χ4v) is 4.58. The van der Waals surface area contributed by atoms with Crippen LogP contribution in [0, 0.1) is 28.6 Å². The van der Waals surface area contributed by atoms with Gasteiger partial charge in [-0.15, -0.1) is 11.3 Å². The Morgan fingerprint density at radius 1 is 1.50 bits per heavy atom. The summed E-state index contributed by atoms with van der Waals surface area (Å²) in [6, 6.07) is 4.72. The first-order chi connectivity index (χ1) is 8.56. The van der Waals surface area contributed by atoms with Gasteiger partial charge < -0.3 is 0 Å². The molecule has 3 heteroatoms. The van der Waals surface area contributed by atoms with Crippen LogP contribution in [0.5, 0.6) is 0 Å². The van der Waals surface area contributed by atoms with E-state index in [0.717, 1.165) is 31.1 Å². The minimum atomic E-state index is -0.112. The average Bonchev–Trinajstić information content (AvgIpc) is 2.75. The van der Waals surface area contributed by atoms with Gasteiger partial charge in [0.05, 0.1) is 11.5 Å². The second-order valence-corrected chi connectivity index (χ2v) is 7.70. The standard InChI is InChI=1S/C15H20BrNS/c1-11(2)12-3-6-15(10-17,7-4-12)9-14-13(16)5-8-18-14/h5,8,11-12H,3-4,6-7,9H2,1-2H3. The largest absolute Gasteiger partial charge is 0.198 e. The van der Waals surface area contributed by atoms with Crippen molar-refractivity contribution < 1.29 is 0 Å². The quantitative estimate of drug-likeness (QED) is 0.728. The van der Waals surface area contributed by atoms with Crippen molar-refractivity contribution in [3.05, 3.63) is 20.8 Å². The number of halogens is 1.